The van der Waals surface area contributed by atoms with Crippen molar-refractivity contribution < 1.29 is 14.7 Å². The highest BCUT2D eigenvalue weighted by Gasteiger charge is 2.17. The molecule has 4 rings (SSSR count). The summed E-state index contributed by atoms with van der Waals surface area (Å²) in [4.78, 5) is 28.7. The number of benzene rings is 2. The van der Waals surface area contributed by atoms with Gasteiger partial charge >= 0.3 is 0 Å². The van der Waals surface area contributed by atoms with Gasteiger partial charge in [0, 0.05) is 29.2 Å². The van der Waals surface area contributed by atoms with Gasteiger partial charge in [0.25, 0.3) is 11.8 Å². The molecule has 6 nitrogen and oxygen atoms in total. The molecule has 2 heterocycles. The molecule has 0 atom stereocenters. The number of thiophene rings is 1. The van der Waals surface area contributed by atoms with Crippen LogP contribution in [-0.4, -0.2) is 21.9 Å². The largest absolute Gasteiger partial charge is 0.506 e. The van der Waals surface area contributed by atoms with Crippen LogP contribution in [0.3, 0.4) is 0 Å². The van der Waals surface area contributed by atoms with E-state index < -0.39 is 5.91 Å². The number of rotatable bonds is 5. The van der Waals surface area contributed by atoms with E-state index in [9.17, 15) is 14.7 Å². The first-order chi connectivity index (χ1) is 14.0. The second-order valence-electron chi connectivity index (χ2n) is 6.33. The number of phenols is 1. The summed E-state index contributed by atoms with van der Waals surface area (Å²) in [7, 11) is 0. The minimum Gasteiger partial charge on any atom is -0.506 e. The van der Waals surface area contributed by atoms with Crippen molar-refractivity contribution in [1.29, 1.82) is 0 Å². The summed E-state index contributed by atoms with van der Waals surface area (Å²) < 4.78 is 0. The molecule has 0 fully saturated rings. The molecule has 0 bridgehead atoms. The van der Waals surface area contributed by atoms with Gasteiger partial charge in [-0.05, 0) is 41.3 Å². The lowest BCUT2D eigenvalue weighted by Crippen LogP contribution is -2.23. The Morgan fingerprint density at radius 3 is 2.76 bits per heavy atom. The maximum atomic E-state index is 12.7. The third-order valence-electron chi connectivity index (χ3n) is 4.44. The molecule has 4 N–H and O–H groups in total. The molecule has 0 saturated carbocycles. The lowest BCUT2D eigenvalue weighted by molar-refractivity contribution is 0.0956. The van der Waals surface area contributed by atoms with Gasteiger partial charge in [-0.1, -0.05) is 29.8 Å². The number of carbonyl (C=O) groups is 2. The fourth-order valence-electron chi connectivity index (χ4n) is 2.96. The van der Waals surface area contributed by atoms with E-state index >= 15 is 0 Å². The highest BCUT2D eigenvalue weighted by atomic mass is 35.5. The van der Waals surface area contributed by atoms with Gasteiger partial charge in [0.15, 0.2) is 0 Å². The van der Waals surface area contributed by atoms with Crippen LogP contribution in [0.15, 0.2) is 60.1 Å². The number of aromatic hydroxyl groups is 1. The minimum atomic E-state index is -0.420. The topological polar surface area (TPSA) is 94.2 Å². The van der Waals surface area contributed by atoms with Crippen molar-refractivity contribution in [3.63, 3.8) is 0 Å². The number of aromatic amines is 1. The third-order valence-corrected chi connectivity index (χ3v) is 5.66. The predicted molar refractivity (Wildman–Crippen MR) is 115 cm³/mol. The smallest absolute Gasteiger partial charge is 0.263 e. The Kier molecular flexibility index (Phi) is 5.24. The van der Waals surface area contributed by atoms with Crippen molar-refractivity contribution in [3.8, 4) is 5.75 Å². The zero-order valence-corrected chi connectivity index (χ0v) is 16.6. The minimum absolute atomic E-state index is 0.0830. The van der Waals surface area contributed by atoms with Crippen LogP contribution >= 0.6 is 22.9 Å². The Hall–Kier alpha value is -3.29. The number of fused-ring (bicyclic) bond motifs is 1. The molecule has 2 amide bonds. The van der Waals surface area contributed by atoms with E-state index in [1.165, 1.54) is 29.5 Å². The fourth-order valence-corrected chi connectivity index (χ4v) is 3.91. The summed E-state index contributed by atoms with van der Waals surface area (Å²) in [5, 5.41) is 18.0. The van der Waals surface area contributed by atoms with Crippen molar-refractivity contribution in [2.45, 2.75) is 6.54 Å². The lowest BCUT2D eigenvalue weighted by Gasteiger charge is -2.08. The summed E-state index contributed by atoms with van der Waals surface area (Å²) in [5.41, 5.74) is 2.69. The quantitative estimate of drug-likeness (QED) is 0.371. The van der Waals surface area contributed by atoms with Gasteiger partial charge in [-0.2, -0.15) is 0 Å². The lowest BCUT2D eigenvalue weighted by atomic mass is 10.2. The SMILES string of the molecule is O=C(Nc1ccsc1C(=O)NCc1c[nH]c2ccccc12)c1ccc(O)c(Cl)c1. The number of phenolic OH excluding ortho intramolecular Hbond substituents is 1. The van der Waals surface area contributed by atoms with E-state index in [2.05, 4.69) is 15.6 Å². The highest BCUT2D eigenvalue weighted by Crippen LogP contribution is 2.26. The standard InChI is InChI=1S/C21H16ClN3O3S/c22-15-9-12(5-6-18(15)26)20(27)25-17-7-8-29-19(17)21(28)24-11-13-10-23-16-4-2-1-3-14(13)16/h1-10,23,26H,11H2,(H,24,28)(H,25,27). The number of aromatic nitrogens is 1. The van der Waals surface area contributed by atoms with Crippen LogP contribution < -0.4 is 10.6 Å². The Labute approximate surface area is 175 Å². The van der Waals surface area contributed by atoms with Crippen molar-refractivity contribution in [2.75, 3.05) is 5.32 Å². The number of para-hydroxylation sites is 1. The van der Waals surface area contributed by atoms with Crippen LogP contribution in [0, 0.1) is 0 Å². The highest BCUT2D eigenvalue weighted by molar-refractivity contribution is 7.12. The number of carbonyl (C=O) groups excluding carboxylic acids is 2. The van der Waals surface area contributed by atoms with Crippen LogP contribution in [0.1, 0.15) is 25.6 Å². The Morgan fingerprint density at radius 1 is 1.10 bits per heavy atom. The summed E-state index contributed by atoms with van der Waals surface area (Å²) in [6.45, 7) is 0.363. The molecule has 0 spiro atoms. The third kappa shape index (κ3) is 3.96. The van der Waals surface area contributed by atoms with E-state index in [0.717, 1.165) is 16.5 Å². The van der Waals surface area contributed by atoms with Gasteiger partial charge in [-0.3, -0.25) is 9.59 Å². The van der Waals surface area contributed by atoms with Gasteiger partial charge in [0.05, 0.1) is 10.7 Å². The molecule has 0 aliphatic heterocycles. The number of halogens is 1. The summed E-state index contributed by atoms with van der Waals surface area (Å²) in [6.07, 6.45) is 1.87. The molecule has 29 heavy (non-hydrogen) atoms. The van der Waals surface area contributed by atoms with Gasteiger partial charge in [-0.25, -0.2) is 0 Å². The van der Waals surface area contributed by atoms with Crippen LogP contribution in [0.4, 0.5) is 5.69 Å². The fraction of sp³-hybridized carbons (Fsp3) is 0.0476. The Balaban J connectivity index is 1.46. The molecule has 146 valence electrons. The molecule has 4 aromatic rings. The zero-order valence-electron chi connectivity index (χ0n) is 15.0. The number of hydrogen-bond donors (Lipinski definition) is 4. The van der Waals surface area contributed by atoms with Gasteiger partial charge in [0.1, 0.15) is 10.6 Å². The van der Waals surface area contributed by atoms with E-state index in [1.807, 2.05) is 30.5 Å². The van der Waals surface area contributed by atoms with E-state index in [1.54, 1.807) is 11.4 Å². The summed E-state index contributed by atoms with van der Waals surface area (Å²) in [5.74, 6) is -0.795. The first kappa shape index (κ1) is 19.0. The van der Waals surface area contributed by atoms with Crippen molar-refractivity contribution in [1.82, 2.24) is 10.3 Å². The van der Waals surface area contributed by atoms with E-state index in [-0.39, 0.29) is 22.2 Å². The molecule has 8 heteroatoms. The average Bonchev–Trinajstić information content (AvgIpc) is 3.35. The Morgan fingerprint density at radius 2 is 1.93 bits per heavy atom. The number of hydrogen-bond acceptors (Lipinski definition) is 4. The van der Waals surface area contributed by atoms with Crippen molar-refractivity contribution in [3.05, 3.63) is 81.1 Å². The van der Waals surface area contributed by atoms with Crippen LogP contribution in [-0.2, 0) is 6.54 Å². The van der Waals surface area contributed by atoms with E-state index in [0.29, 0.717) is 17.1 Å². The first-order valence-corrected chi connectivity index (χ1v) is 9.99. The van der Waals surface area contributed by atoms with Gasteiger partial charge in [0.2, 0.25) is 0 Å². The molecule has 0 radical (unpaired) electrons. The second-order valence-corrected chi connectivity index (χ2v) is 7.65. The van der Waals surface area contributed by atoms with Crippen molar-refractivity contribution >= 4 is 51.3 Å². The van der Waals surface area contributed by atoms with Crippen LogP contribution in [0.5, 0.6) is 5.75 Å². The van der Waals surface area contributed by atoms with Gasteiger partial charge < -0.3 is 20.7 Å². The predicted octanol–water partition coefficient (Wildman–Crippen LogP) is 4.77. The van der Waals surface area contributed by atoms with Crippen molar-refractivity contribution in [2.24, 2.45) is 0 Å². The number of anilines is 1. The molecular formula is C21H16ClN3O3S. The average molecular weight is 426 g/mol. The monoisotopic (exact) mass is 425 g/mol. The molecular weight excluding hydrogens is 410 g/mol. The van der Waals surface area contributed by atoms with E-state index in [4.69, 9.17) is 11.6 Å². The number of H-pyrrole nitrogens is 1. The zero-order chi connectivity index (χ0) is 20.4. The van der Waals surface area contributed by atoms with Crippen LogP contribution in [0.2, 0.25) is 5.02 Å². The molecule has 0 aliphatic carbocycles. The summed E-state index contributed by atoms with van der Waals surface area (Å²) >= 11 is 7.10. The number of nitrogens with one attached hydrogen (secondary N) is 3. The summed E-state index contributed by atoms with van der Waals surface area (Å²) in [6, 6.07) is 13.7. The molecule has 0 saturated heterocycles. The maximum absolute atomic E-state index is 12.7. The molecule has 2 aromatic carbocycles. The van der Waals surface area contributed by atoms with Crippen LogP contribution in [0.25, 0.3) is 10.9 Å². The molecule has 2 aromatic heterocycles. The number of amides is 2. The molecule has 0 unspecified atom stereocenters. The molecule has 0 aliphatic rings. The Bertz CT molecular complexity index is 1210. The second kappa shape index (κ2) is 7.98. The maximum Gasteiger partial charge on any atom is 0.263 e. The normalized spacial score (nSPS) is 10.8. The first-order valence-electron chi connectivity index (χ1n) is 8.73. The van der Waals surface area contributed by atoms with Gasteiger partial charge in [-0.15, -0.1) is 11.3 Å².